The number of allylic oxidation sites excluding steroid dienone is 12. The number of carbonyl (C=O) groups excluding carboxylic acids is 1. The van der Waals surface area contributed by atoms with E-state index in [1.807, 2.05) is 21.1 Å². The number of carbonyl (C=O) groups is 1. The Balaban J connectivity index is 4.22. The molecule has 354 valence electrons. The molecular formula is C52H94NO7P. The second-order valence-electron chi connectivity index (χ2n) is 17.4. The Morgan fingerprint density at radius 2 is 0.951 bits per heavy atom. The van der Waals surface area contributed by atoms with Crippen LogP contribution in [0.3, 0.4) is 0 Å². The molecule has 0 bridgehead atoms. The van der Waals surface area contributed by atoms with E-state index in [1.54, 1.807) is 0 Å². The van der Waals surface area contributed by atoms with Crippen LogP contribution in [0, 0.1) is 0 Å². The lowest BCUT2D eigenvalue weighted by atomic mass is 10.1. The number of nitrogens with zero attached hydrogens (tertiary/aromatic N) is 1. The van der Waals surface area contributed by atoms with Gasteiger partial charge in [0.15, 0.2) is 0 Å². The molecule has 0 heterocycles. The first-order valence-electron chi connectivity index (χ1n) is 24.7. The van der Waals surface area contributed by atoms with Crippen molar-refractivity contribution in [2.45, 2.75) is 200 Å². The normalized spacial score (nSPS) is 14.3. The van der Waals surface area contributed by atoms with Crippen LogP contribution in [0.1, 0.15) is 194 Å². The fourth-order valence-corrected chi connectivity index (χ4v) is 7.18. The largest absolute Gasteiger partial charge is 0.756 e. The number of quaternary nitrogens is 1. The summed E-state index contributed by atoms with van der Waals surface area (Å²) in [5.74, 6) is -0.346. The highest BCUT2D eigenvalue weighted by Crippen LogP contribution is 2.38. The molecule has 0 fully saturated rings. The minimum Gasteiger partial charge on any atom is -0.756 e. The van der Waals surface area contributed by atoms with Crippen molar-refractivity contribution in [3.05, 3.63) is 72.9 Å². The van der Waals surface area contributed by atoms with Gasteiger partial charge in [0, 0.05) is 13.0 Å². The van der Waals surface area contributed by atoms with Gasteiger partial charge >= 0.3 is 5.97 Å². The third-order valence-electron chi connectivity index (χ3n) is 10.2. The van der Waals surface area contributed by atoms with Gasteiger partial charge in [-0.25, -0.2) is 0 Å². The molecule has 0 N–H and O–H groups in total. The van der Waals surface area contributed by atoms with Crippen LogP contribution in [0.5, 0.6) is 0 Å². The van der Waals surface area contributed by atoms with Gasteiger partial charge in [0.2, 0.25) is 0 Å². The smallest absolute Gasteiger partial charge is 0.306 e. The van der Waals surface area contributed by atoms with Gasteiger partial charge in [0.25, 0.3) is 7.82 Å². The first kappa shape index (κ1) is 58.9. The minimum atomic E-state index is -4.54. The van der Waals surface area contributed by atoms with Crippen molar-refractivity contribution < 1.29 is 37.3 Å². The summed E-state index contributed by atoms with van der Waals surface area (Å²) in [4.78, 5) is 25.1. The third-order valence-corrected chi connectivity index (χ3v) is 11.2. The Morgan fingerprint density at radius 3 is 1.44 bits per heavy atom. The molecule has 0 saturated carbocycles. The fraction of sp³-hybridized carbons (Fsp3) is 0.750. The molecule has 0 spiro atoms. The average Bonchev–Trinajstić information content (AvgIpc) is 3.22. The SMILES string of the molecule is CC/C=C\C/C=C\C/C=C\C/C=C\C/C=C\CCCCCCCCOCC(COP(=O)([O-])OCC[N+](C)(C)C)OC(=O)CCCCCCCCC/C=C\CCCCCCCC. The van der Waals surface area contributed by atoms with Crippen LogP contribution in [0.2, 0.25) is 0 Å². The highest BCUT2D eigenvalue weighted by molar-refractivity contribution is 7.45. The van der Waals surface area contributed by atoms with E-state index in [1.165, 1.54) is 96.3 Å². The van der Waals surface area contributed by atoms with Crippen molar-refractivity contribution >= 4 is 13.8 Å². The van der Waals surface area contributed by atoms with Crippen LogP contribution >= 0.6 is 7.82 Å². The van der Waals surface area contributed by atoms with E-state index in [4.69, 9.17) is 18.5 Å². The highest BCUT2D eigenvalue weighted by atomic mass is 31.2. The van der Waals surface area contributed by atoms with Crippen LogP contribution in [-0.4, -0.2) is 70.7 Å². The van der Waals surface area contributed by atoms with Gasteiger partial charge in [-0.3, -0.25) is 9.36 Å². The molecule has 0 aliphatic heterocycles. The van der Waals surface area contributed by atoms with Crippen molar-refractivity contribution in [3.8, 4) is 0 Å². The molecule has 2 unspecified atom stereocenters. The summed E-state index contributed by atoms with van der Waals surface area (Å²) in [6, 6.07) is 0. The Labute approximate surface area is 376 Å². The molecule has 2 atom stereocenters. The first-order valence-corrected chi connectivity index (χ1v) is 26.1. The van der Waals surface area contributed by atoms with Crippen LogP contribution in [0.15, 0.2) is 72.9 Å². The summed E-state index contributed by atoms with van der Waals surface area (Å²) in [7, 11) is 1.33. The van der Waals surface area contributed by atoms with E-state index < -0.39 is 13.9 Å². The maximum Gasteiger partial charge on any atom is 0.306 e. The maximum atomic E-state index is 12.7. The minimum absolute atomic E-state index is 0.0188. The predicted molar refractivity (Wildman–Crippen MR) is 259 cm³/mol. The van der Waals surface area contributed by atoms with E-state index in [2.05, 4.69) is 86.8 Å². The highest BCUT2D eigenvalue weighted by Gasteiger charge is 2.20. The Hall–Kier alpha value is -2.06. The lowest BCUT2D eigenvalue weighted by Gasteiger charge is -2.28. The van der Waals surface area contributed by atoms with Gasteiger partial charge in [0.1, 0.15) is 19.3 Å². The second kappa shape index (κ2) is 44.5. The Morgan fingerprint density at radius 1 is 0.525 bits per heavy atom. The fourth-order valence-electron chi connectivity index (χ4n) is 6.45. The number of phosphoric acid groups is 1. The average molecular weight is 876 g/mol. The van der Waals surface area contributed by atoms with E-state index in [0.29, 0.717) is 24.1 Å². The molecule has 0 aromatic rings. The summed E-state index contributed by atoms with van der Waals surface area (Å²) in [6.07, 6.45) is 57.7. The number of hydrogen-bond acceptors (Lipinski definition) is 7. The standard InChI is InChI=1S/C52H94NO7P/c1-6-8-10-12-14-16-18-20-22-24-25-26-27-28-30-32-34-36-38-40-42-44-47-57-49-51(50-59-61(55,56)58-48-46-53(3,4)5)60-52(54)45-43-41-39-37-35-33-31-29-23-21-19-17-15-13-11-9-7-2/h8,10,14,16,20-23,25-26,28,30,51H,6-7,9,11-13,15,17-19,24,27,29,31-50H2,1-5H3/b10-8-,16-14-,22-20-,23-21-,26-25-,30-28-. The molecule has 0 saturated heterocycles. The van der Waals surface area contributed by atoms with Crippen molar-refractivity contribution in [2.24, 2.45) is 0 Å². The lowest BCUT2D eigenvalue weighted by molar-refractivity contribution is -0.870. The molecule has 8 nitrogen and oxygen atoms in total. The molecular weight excluding hydrogens is 782 g/mol. The first-order chi connectivity index (χ1) is 29.6. The van der Waals surface area contributed by atoms with E-state index >= 15 is 0 Å². The number of phosphoric ester groups is 1. The molecule has 0 aromatic heterocycles. The summed E-state index contributed by atoms with van der Waals surface area (Å²) in [5.41, 5.74) is 0. The zero-order chi connectivity index (χ0) is 44.8. The monoisotopic (exact) mass is 876 g/mol. The molecule has 0 aromatic carbocycles. The molecule has 0 aliphatic carbocycles. The summed E-state index contributed by atoms with van der Waals surface area (Å²) in [5, 5.41) is 0. The number of rotatable bonds is 45. The van der Waals surface area contributed by atoms with Gasteiger partial charge in [-0.1, -0.05) is 177 Å². The quantitative estimate of drug-likeness (QED) is 0.0198. The predicted octanol–water partition coefficient (Wildman–Crippen LogP) is 14.4. The number of ether oxygens (including phenoxy) is 2. The molecule has 0 aliphatic rings. The Bertz CT molecular complexity index is 1200. The van der Waals surface area contributed by atoms with Crippen molar-refractivity contribution in [3.63, 3.8) is 0 Å². The van der Waals surface area contributed by atoms with E-state index in [9.17, 15) is 14.3 Å². The maximum absolute atomic E-state index is 12.7. The van der Waals surface area contributed by atoms with Gasteiger partial charge in [0.05, 0.1) is 34.4 Å². The van der Waals surface area contributed by atoms with Crippen LogP contribution in [0.25, 0.3) is 0 Å². The van der Waals surface area contributed by atoms with Gasteiger partial charge in [-0.15, -0.1) is 0 Å². The van der Waals surface area contributed by atoms with E-state index in [-0.39, 0.29) is 25.8 Å². The van der Waals surface area contributed by atoms with Crippen molar-refractivity contribution in [2.75, 3.05) is 54.1 Å². The third kappa shape index (κ3) is 48.8. The Kier molecular flexibility index (Phi) is 43.0. The van der Waals surface area contributed by atoms with E-state index in [0.717, 1.165) is 77.0 Å². The summed E-state index contributed by atoms with van der Waals surface area (Å²) < 4.78 is 34.7. The molecule has 0 rings (SSSR count). The zero-order valence-electron chi connectivity index (χ0n) is 40.1. The van der Waals surface area contributed by atoms with Crippen molar-refractivity contribution in [1.82, 2.24) is 0 Å². The molecule has 61 heavy (non-hydrogen) atoms. The summed E-state index contributed by atoms with van der Waals surface area (Å²) >= 11 is 0. The van der Waals surface area contributed by atoms with Gasteiger partial charge in [-0.05, 0) is 83.5 Å². The summed E-state index contributed by atoms with van der Waals surface area (Å²) in [6.45, 7) is 5.25. The van der Waals surface area contributed by atoms with Gasteiger partial charge in [-0.2, -0.15) is 0 Å². The van der Waals surface area contributed by atoms with Crippen LogP contribution in [-0.2, 0) is 27.9 Å². The van der Waals surface area contributed by atoms with Crippen LogP contribution in [0.4, 0.5) is 0 Å². The lowest BCUT2D eigenvalue weighted by Crippen LogP contribution is -2.37. The number of unbranched alkanes of at least 4 members (excludes halogenated alkanes) is 19. The van der Waals surface area contributed by atoms with Gasteiger partial charge < -0.3 is 27.9 Å². The number of likely N-dealkylation sites (N-methyl/N-ethyl adjacent to an activating group) is 1. The molecule has 9 heteroatoms. The molecule has 0 radical (unpaired) electrons. The second-order valence-corrected chi connectivity index (χ2v) is 18.8. The van der Waals surface area contributed by atoms with Crippen LogP contribution < -0.4 is 4.89 Å². The number of esters is 1. The van der Waals surface area contributed by atoms with Crippen molar-refractivity contribution in [1.29, 1.82) is 0 Å². The molecule has 0 amide bonds. The number of hydrogen-bond donors (Lipinski definition) is 0. The topological polar surface area (TPSA) is 94.1 Å². The zero-order valence-corrected chi connectivity index (χ0v) is 41.0.